The molecular weight excluding hydrogens is 340 g/mol. The van der Waals surface area contributed by atoms with Crippen LogP contribution in [-0.2, 0) is 0 Å². The van der Waals surface area contributed by atoms with Crippen molar-refractivity contribution in [1.82, 2.24) is 9.97 Å². The van der Waals surface area contributed by atoms with Crippen molar-refractivity contribution in [3.8, 4) is 0 Å². The molecule has 0 aliphatic rings. The van der Waals surface area contributed by atoms with Crippen LogP contribution < -0.4 is 0 Å². The van der Waals surface area contributed by atoms with Crippen molar-refractivity contribution < 1.29 is 19.8 Å². The number of hydrogen-bond acceptors (Lipinski definition) is 3. The van der Waals surface area contributed by atoms with Gasteiger partial charge in [-0.1, -0.05) is 11.8 Å². The lowest BCUT2D eigenvalue weighted by Gasteiger charge is -2.02. The van der Waals surface area contributed by atoms with Crippen LogP contribution >= 0.6 is 11.8 Å². The van der Waals surface area contributed by atoms with Crippen molar-refractivity contribution in [3.05, 3.63) is 59.9 Å². The van der Waals surface area contributed by atoms with Crippen LogP contribution in [0.25, 0.3) is 21.8 Å². The molecule has 4 rings (SSSR count). The molecule has 0 atom stereocenters. The van der Waals surface area contributed by atoms with Crippen LogP contribution in [0.5, 0.6) is 0 Å². The van der Waals surface area contributed by atoms with Gasteiger partial charge in [0, 0.05) is 31.6 Å². The highest BCUT2D eigenvalue weighted by atomic mass is 32.2. The van der Waals surface area contributed by atoms with Crippen LogP contribution in [0.2, 0.25) is 0 Å². The zero-order valence-electron chi connectivity index (χ0n) is 12.7. The maximum atomic E-state index is 11.0. The summed E-state index contributed by atoms with van der Waals surface area (Å²) < 4.78 is 0. The van der Waals surface area contributed by atoms with Crippen LogP contribution in [0.1, 0.15) is 21.0 Å². The summed E-state index contributed by atoms with van der Waals surface area (Å²) in [6, 6.07) is 14.6. The summed E-state index contributed by atoms with van der Waals surface area (Å²) in [5, 5.41) is 19.8. The van der Waals surface area contributed by atoms with E-state index < -0.39 is 11.9 Å². The minimum Gasteiger partial charge on any atom is -0.477 e. The van der Waals surface area contributed by atoms with Gasteiger partial charge in [-0.2, -0.15) is 0 Å². The topological polar surface area (TPSA) is 106 Å². The molecule has 0 saturated heterocycles. The Morgan fingerprint density at radius 2 is 1.16 bits per heavy atom. The number of aromatic amines is 2. The molecule has 7 heteroatoms. The van der Waals surface area contributed by atoms with E-state index in [4.69, 9.17) is 10.2 Å². The third-order valence-corrected chi connectivity index (χ3v) is 4.86. The molecule has 25 heavy (non-hydrogen) atoms. The molecule has 0 aliphatic heterocycles. The predicted molar refractivity (Wildman–Crippen MR) is 94.6 cm³/mol. The molecule has 6 nitrogen and oxygen atoms in total. The molecule has 0 unspecified atom stereocenters. The first kappa shape index (κ1) is 15.3. The van der Waals surface area contributed by atoms with Crippen molar-refractivity contribution >= 4 is 45.5 Å². The molecule has 0 saturated carbocycles. The summed E-state index contributed by atoms with van der Waals surface area (Å²) >= 11 is 1.53. The van der Waals surface area contributed by atoms with Gasteiger partial charge in [-0.25, -0.2) is 9.59 Å². The van der Waals surface area contributed by atoms with E-state index in [-0.39, 0.29) is 11.4 Å². The van der Waals surface area contributed by atoms with E-state index in [9.17, 15) is 9.59 Å². The normalized spacial score (nSPS) is 11.2. The summed E-state index contributed by atoms with van der Waals surface area (Å²) in [6.45, 7) is 0. The van der Waals surface area contributed by atoms with Gasteiger partial charge in [0.15, 0.2) is 0 Å². The van der Waals surface area contributed by atoms with Crippen molar-refractivity contribution in [2.75, 3.05) is 0 Å². The number of hydrogen-bond donors (Lipinski definition) is 4. The van der Waals surface area contributed by atoms with Crippen molar-refractivity contribution in [2.24, 2.45) is 0 Å². The van der Waals surface area contributed by atoms with E-state index in [2.05, 4.69) is 9.97 Å². The van der Waals surface area contributed by atoms with E-state index in [0.29, 0.717) is 0 Å². The van der Waals surface area contributed by atoms with Gasteiger partial charge in [-0.05, 0) is 48.5 Å². The summed E-state index contributed by atoms with van der Waals surface area (Å²) in [6.07, 6.45) is 0. The van der Waals surface area contributed by atoms with E-state index in [1.807, 2.05) is 36.4 Å². The lowest BCUT2D eigenvalue weighted by Crippen LogP contribution is -1.94. The number of H-pyrrole nitrogens is 2. The maximum Gasteiger partial charge on any atom is 0.352 e. The van der Waals surface area contributed by atoms with E-state index in [1.54, 1.807) is 12.1 Å². The van der Waals surface area contributed by atoms with Gasteiger partial charge < -0.3 is 20.2 Å². The van der Waals surface area contributed by atoms with E-state index in [0.717, 1.165) is 31.6 Å². The molecule has 2 aromatic heterocycles. The molecule has 4 aromatic rings. The Labute approximate surface area is 145 Å². The van der Waals surface area contributed by atoms with Crippen molar-refractivity contribution in [2.45, 2.75) is 9.79 Å². The largest absolute Gasteiger partial charge is 0.477 e. The lowest BCUT2D eigenvalue weighted by molar-refractivity contribution is 0.0681. The quantitative estimate of drug-likeness (QED) is 0.440. The first-order chi connectivity index (χ1) is 12.0. The fraction of sp³-hybridized carbons (Fsp3) is 0. The average Bonchev–Trinajstić information content (AvgIpc) is 3.17. The van der Waals surface area contributed by atoms with E-state index >= 15 is 0 Å². The molecule has 4 N–H and O–H groups in total. The highest BCUT2D eigenvalue weighted by molar-refractivity contribution is 7.99. The zero-order valence-corrected chi connectivity index (χ0v) is 13.6. The average molecular weight is 352 g/mol. The Morgan fingerprint density at radius 1 is 0.720 bits per heavy atom. The van der Waals surface area contributed by atoms with Crippen LogP contribution in [-0.4, -0.2) is 32.1 Å². The van der Waals surface area contributed by atoms with Gasteiger partial charge in [0.1, 0.15) is 11.4 Å². The minimum atomic E-state index is -0.988. The first-order valence-electron chi connectivity index (χ1n) is 7.39. The molecule has 0 amide bonds. The summed E-state index contributed by atoms with van der Waals surface area (Å²) in [5.74, 6) is -1.98. The Kier molecular flexibility index (Phi) is 3.51. The van der Waals surface area contributed by atoms with Crippen LogP contribution in [0.4, 0.5) is 0 Å². The van der Waals surface area contributed by atoms with Crippen molar-refractivity contribution in [1.29, 1.82) is 0 Å². The SMILES string of the molecule is O=C(O)c1cc2cc(Sc3ccc4[nH]c(C(=O)O)cc4c3)ccc2[nH]1. The number of carboxylic acids is 2. The van der Waals surface area contributed by atoms with Crippen LogP contribution in [0.15, 0.2) is 58.3 Å². The van der Waals surface area contributed by atoms with Gasteiger partial charge in [0.25, 0.3) is 0 Å². The highest BCUT2D eigenvalue weighted by Gasteiger charge is 2.10. The molecular formula is C18H12N2O4S. The van der Waals surface area contributed by atoms with Gasteiger partial charge in [-0.15, -0.1) is 0 Å². The standard InChI is InChI=1S/C18H12N2O4S/c21-17(22)15-7-9-5-11(1-3-13(9)19-15)25-12-2-4-14-10(6-12)8-16(20-14)18(23)24/h1-8,19-20H,(H,21,22)(H,23,24). The van der Waals surface area contributed by atoms with E-state index in [1.165, 1.54) is 11.8 Å². The highest BCUT2D eigenvalue weighted by Crippen LogP contribution is 2.32. The molecule has 2 aromatic carbocycles. The fourth-order valence-corrected chi connectivity index (χ4v) is 3.63. The number of carboxylic acid groups (broad SMARTS) is 2. The second-order valence-electron chi connectivity index (χ2n) is 5.58. The molecule has 0 spiro atoms. The predicted octanol–water partition coefficient (Wildman–Crippen LogP) is 4.20. The zero-order chi connectivity index (χ0) is 17.6. The third kappa shape index (κ3) is 2.85. The number of carbonyl (C=O) groups is 2. The summed E-state index contributed by atoms with van der Waals surface area (Å²) in [7, 11) is 0. The molecule has 0 fully saturated rings. The number of fused-ring (bicyclic) bond motifs is 2. The summed E-state index contributed by atoms with van der Waals surface area (Å²) in [4.78, 5) is 29.7. The van der Waals surface area contributed by atoms with Gasteiger partial charge in [0.2, 0.25) is 0 Å². The number of nitrogens with one attached hydrogen (secondary N) is 2. The Balaban J connectivity index is 1.66. The maximum absolute atomic E-state index is 11.0. The second kappa shape index (κ2) is 5.71. The lowest BCUT2D eigenvalue weighted by atomic mass is 10.2. The molecule has 2 heterocycles. The first-order valence-corrected chi connectivity index (χ1v) is 8.21. The molecule has 0 radical (unpaired) electrons. The smallest absolute Gasteiger partial charge is 0.352 e. The van der Waals surface area contributed by atoms with Gasteiger partial charge in [-0.3, -0.25) is 0 Å². The van der Waals surface area contributed by atoms with Gasteiger partial charge in [0.05, 0.1) is 0 Å². The Morgan fingerprint density at radius 3 is 1.56 bits per heavy atom. The molecule has 124 valence electrons. The second-order valence-corrected chi connectivity index (χ2v) is 6.72. The van der Waals surface area contributed by atoms with Crippen molar-refractivity contribution in [3.63, 3.8) is 0 Å². The van der Waals surface area contributed by atoms with Gasteiger partial charge >= 0.3 is 11.9 Å². The minimum absolute atomic E-state index is 0.159. The monoisotopic (exact) mass is 352 g/mol. The van der Waals surface area contributed by atoms with Crippen LogP contribution in [0, 0.1) is 0 Å². The Hall–Kier alpha value is -3.19. The third-order valence-electron chi connectivity index (χ3n) is 3.88. The van der Waals surface area contributed by atoms with Crippen LogP contribution in [0.3, 0.4) is 0 Å². The molecule has 0 aliphatic carbocycles. The number of aromatic nitrogens is 2. The molecule has 0 bridgehead atoms. The number of rotatable bonds is 4. The number of benzene rings is 2. The Bertz CT molecular complexity index is 1050. The fourth-order valence-electron chi connectivity index (χ4n) is 2.71. The number of aromatic carboxylic acids is 2. The summed E-state index contributed by atoms with van der Waals surface area (Å²) in [5.41, 5.74) is 1.86.